The van der Waals surface area contributed by atoms with Crippen LogP contribution in [0.4, 0.5) is 5.69 Å². The molecule has 4 atom stereocenters. The molecule has 2 amide bonds. The van der Waals surface area contributed by atoms with Crippen molar-refractivity contribution in [1.29, 1.82) is 0 Å². The largest absolute Gasteiger partial charge is 0.274 e. The minimum atomic E-state index is -0.0970. The maximum absolute atomic E-state index is 12.8. The molecule has 1 aliphatic heterocycles. The molecular weight excluding hydrogens is 250 g/mol. The molecule has 2 bridgehead atoms. The van der Waals surface area contributed by atoms with E-state index in [1.807, 2.05) is 30.3 Å². The van der Waals surface area contributed by atoms with Crippen molar-refractivity contribution >= 4 is 17.5 Å². The summed E-state index contributed by atoms with van der Waals surface area (Å²) in [6, 6.07) is 9.34. The number of hydrogen-bond donors (Lipinski definition) is 0. The number of hydrogen-bond acceptors (Lipinski definition) is 2. The number of para-hydroxylation sites is 1. The molecule has 1 spiro atoms. The third kappa shape index (κ3) is 1.02. The molecule has 1 aromatic rings. The molecule has 4 aliphatic rings. The van der Waals surface area contributed by atoms with Crippen LogP contribution in [0.1, 0.15) is 12.8 Å². The quantitative estimate of drug-likeness (QED) is 0.577. The van der Waals surface area contributed by atoms with E-state index < -0.39 is 0 Å². The average Bonchev–Trinajstić information content (AvgIpc) is 3.06. The third-order valence-corrected chi connectivity index (χ3v) is 5.87. The molecule has 2 saturated carbocycles. The maximum atomic E-state index is 12.8. The molecule has 0 N–H and O–H groups in total. The van der Waals surface area contributed by atoms with Gasteiger partial charge in [-0.05, 0) is 42.2 Å². The van der Waals surface area contributed by atoms with Crippen LogP contribution in [0.5, 0.6) is 0 Å². The Morgan fingerprint density at radius 2 is 1.45 bits per heavy atom. The van der Waals surface area contributed by atoms with Crippen molar-refractivity contribution in [2.45, 2.75) is 12.8 Å². The molecule has 20 heavy (non-hydrogen) atoms. The molecule has 3 nitrogen and oxygen atoms in total. The highest BCUT2D eigenvalue weighted by Gasteiger charge is 2.73. The number of imide groups is 1. The van der Waals surface area contributed by atoms with Crippen molar-refractivity contribution in [3.05, 3.63) is 42.5 Å². The first-order valence-corrected chi connectivity index (χ1v) is 7.35. The van der Waals surface area contributed by atoms with Crippen LogP contribution in [0.3, 0.4) is 0 Å². The molecule has 3 fully saturated rings. The molecular formula is C17H15NO2. The van der Waals surface area contributed by atoms with Crippen molar-refractivity contribution in [3.63, 3.8) is 0 Å². The highest BCUT2D eigenvalue weighted by Crippen LogP contribution is 2.73. The Kier molecular flexibility index (Phi) is 1.74. The van der Waals surface area contributed by atoms with Crippen LogP contribution in [0.25, 0.3) is 0 Å². The standard InChI is InChI=1S/C17H15NO2/c19-15-13-11-6-7-12(17(11)8-9-17)14(13)16(20)18(15)10-4-2-1-3-5-10/h1-7,11-14H,8-9H2/t11-,12-,13-,14+/m0/s1. The van der Waals surface area contributed by atoms with E-state index in [9.17, 15) is 9.59 Å². The van der Waals surface area contributed by atoms with Gasteiger partial charge in [0.2, 0.25) is 11.8 Å². The second-order valence-electron chi connectivity index (χ2n) is 6.57. The molecule has 0 unspecified atom stereocenters. The molecule has 5 rings (SSSR count). The predicted octanol–water partition coefficient (Wildman–Crippen LogP) is 2.39. The van der Waals surface area contributed by atoms with Gasteiger partial charge in [-0.2, -0.15) is 0 Å². The van der Waals surface area contributed by atoms with Gasteiger partial charge in [0.25, 0.3) is 0 Å². The van der Waals surface area contributed by atoms with E-state index in [1.54, 1.807) is 0 Å². The van der Waals surface area contributed by atoms with Gasteiger partial charge in [0.15, 0.2) is 0 Å². The first-order valence-electron chi connectivity index (χ1n) is 7.35. The zero-order valence-electron chi connectivity index (χ0n) is 11.0. The second kappa shape index (κ2) is 3.22. The lowest BCUT2D eigenvalue weighted by atomic mass is 9.85. The molecule has 3 heteroatoms. The number of allylic oxidation sites excluding steroid dienone is 2. The SMILES string of the molecule is O=C1[C@@H]2[C@H](C(=O)N1c1ccccc1)[C@@H]1C=C[C@@H]2C12CC2. The number of nitrogens with zero attached hydrogens (tertiary/aromatic N) is 1. The predicted molar refractivity (Wildman–Crippen MR) is 73.7 cm³/mol. The number of amides is 2. The highest BCUT2D eigenvalue weighted by molar-refractivity contribution is 6.23. The van der Waals surface area contributed by atoms with Gasteiger partial charge >= 0.3 is 0 Å². The van der Waals surface area contributed by atoms with E-state index in [4.69, 9.17) is 0 Å². The van der Waals surface area contributed by atoms with Gasteiger partial charge in [-0.25, -0.2) is 0 Å². The fraction of sp³-hybridized carbons (Fsp3) is 0.412. The average molecular weight is 265 g/mol. The Morgan fingerprint density at radius 3 is 1.95 bits per heavy atom. The number of anilines is 1. The Bertz CT molecular complexity index is 625. The third-order valence-electron chi connectivity index (χ3n) is 5.87. The number of rotatable bonds is 1. The van der Waals surface area contributed by atoms with Gasteiger partial charge in [-0.15, -0.1) is 0 Å². The van der Waals surface area contributed by atoms with E-state index in [0.29, 0.717) is 11.8 Å². The van der Waals surface area contributed by atoms with E-state index in [0.717, 1.165) is 5.69 Å². The van der Waals surface area contributed by atoms with Crippen LogP contribution in [-0.4, -0.2) is 11.8 Å². The van der Waals surface area contributed by atoms with Gasteiger partial charge in [-0.3, -0.25) is 14.5 Å². The summed E-state index contributed by atoms with van der Waals surface area (Å²) in [6.45, 7) is 0. The van der Waals surface area contributed by atoms with Crippen LogP contribution in [0.2, 0.25) is 0 Å². The van der Waals surface area contributed by atoms with Gasteiger partial charge in [0.1, 0.15) is 0 Å². The van der Waals surface area contributed by atoms with E-state index in [2.05, 4.69) is 12.2 Å². The fourth-order valence-electron chi connectivity index (χ4n) is 4.91. The number of fused-ring (bicyclic) bond motifs is 3. The smallest absolute Gasteiger partial charge is 0.238 e. The first kappa shape index (κ1) is 10.8. The molecule has 100 valence electrons. The van der Waals surface area contributed by atoms with Crippen molar-refractivity contribution in [1.82, 2.24) is 0 Å². The van der Waals surface area contributed by atoms with Crippen LogP contribution >= 0.6 is 0 Å². The van der Waals surface area contributed by atoms with Gasteiger partial charge < -0.3 is 0 Å². The van der Waals surface area contributed by atoms with E-state index >= 15 is 0 Å². The minimum Gasteiger partial charge on any atom is -0.274 e. The van der Waals surface area contributed by atoms with Gasteiger partial charge in [0, 0.05) is 0 Å². The molecule has 1 aromatic carbocycles. The number of benzene rings is 1. The lowest BCUT2D eigenvalue weighted by molar-refractivity contribution is -0.123. The molecule has 1 saturated heterocycles. The van der Waals surface area contributed by atoms with Crippen LogP contribution < -0.4 is 4.90 Å². The topological polar surface area (TPSA) is 37.4 Å². The van der Waals surface area contributed by atoms with Crippen molar-refractivity contribution in [2.75, 3.05) is 4.90 Å². The Hall–Kier alpha value is -1.90. The molecule has 3 aliphatic carbocycles. The Balaban J connectivity index is 1.60. The van der Waals surface area contributed by atoms with Crippen LogP contribution in [-0.2, 0) is 9.59 Å². The summed E-state index contributed by atoms with van der Waals surface area (Å²) in [4.78, 5) is 27.0. The molecule has 0 radical (unpaired) electrons. The monoisotopic (exact) mass is 265 g/mol. The second-order valence-corrected chi connectivity index (χ2v) is 6.57. The summed E-state index contributed by atoms with van der Waals surface area (Å²) < 4.78 is 0. The summed E-state index contributed by atoms with van der Waals surface area (Å²) in [5, 5.41) is 0. The summed E-state index contributed by atoms with van der Waals surface area (Å²) in [6.07, 6.45) is 6.79. The first-order chi connectivity index (χ1) is 9.74. The Morgan fingerprint density at radius 1 is 0.900 bits per heavy atom. The van der Waals surface area contributed by atoms with Crippen LogP contribution in [0.15, 0.2) is 42.5 Å². The zero-order valence-corrected chi connectivity index (χ0v) is 11.0. The van der Waals surface area contributed by atoms with E-state index in [1.165, 1.54) is 17.7 Å². The van der Waals surface area contributed by atoms with Gasteiger partial charge in [0.05, 0.1) is 17.5 Å². The summed E-state index contributed by atoms with van der Waals surface area (Å²) in [5.74, 6) is 0.467. The Labute approximate surface area is 117 Å². The lowest BCUT2D eigenvalue weighted by Crippen LogP contribution is -2.34. The number of carbonyl (C=O) groups excluding carboxylic acids is 2. The zero-order chi connectivity index (χ0) is 13.5. The summed E-state index contributed by atoms with van der Waals surface area (Å²) in [7, 11) is 0. The van der Waals surface area contributed by atoms with Gasteiger partial charge in [-0.1, -0.05) is 30.4 Å². The van der Waals surface area contributed by atoms with Crippen LogP contribution in [0, 0.1) is 29.1 Å². The molecule has 1 heterocycles. The lowest BCUT2D eigenvalue weighted by Gasteiger charge is -2.21. The fourth-order valence-corrected chi connectivity index (χ4v) is 4.91. The number of carbonyl (C=O) groups is 2. The molecule has 0 aromatic heterocycles. The summed E-state index contributed by atoms with van der Waals surface area (Å²) >= 11 is 0. The normalized spacial score (nSPS) is 38.9. The van der Waals surface area contributed by atoms with Crippen molar-refractivity contribution < 1.29 is 9.59 Å². The van der Waals surface area contributed by atoms with Crippen molar-refractivity contribution in [3.8, 4) is 0 Å². The minimum absolute atomic E-state index is 0.0225. The maximum Gasteiger partial charge on any atom is 0.238 e. The highest BCUT2D eigenvalue weighted by atomic mass is 16.2. The van der Waals surface area contributed by atoms with E-state index in [-0.39, 0.29) is 29.1 Å². The summed E-state index contributed by atoms with van der Waals surface area (Å²) in [5.41, 5.74) is 1.00. The van der Waals surface area contributed by atoms with Crippen molar-refractivity contribution in [2.24, 2.45) is 29.1 Å².